The summed E-state index contributed by atoms with van der Waals surface area (Å²) in [5, 5.41) is 11.8. The largest absolute Gasteiger partial charge is 0.466 e. The SMILES string of the molecule is Cl.NC(=S)NCCCC(N)C(=O)SCCC(=O)OCCCCO[N+](=O)[O-]. The summed E-state index contributed by atoms with van der Waals surface area (Å²) in [5.41, 5.74) is 11.0. The summed E-state index contributed by atoms with van der Waals surface area (Å²) in [5.74, 6) is -0.134. The predicted molar refractivity (Wildman–Crippen MR) is 104 cm³/mol. The fourth-order valence-electron chi connectivity index (χ4n) is 1.59. The summed E-state index contributed by atoms with van der Waals surface area (Å²) in [7, 11) is 0. The van der Waals surface area contributed by atoms with Crippen molar-refractivity contribution in [3.8, 4) is 0 Å². The van der Waals surface area contributed by atoms with Gasteiger partial charge in [-0.1, -0.05) is 11.8 Å². The van der Waals surface area contributed by atoms with Gasteiger partial charge in [-0.15, -0.1) is 22.5 Å². The molecular formula is C13H25ClN4O6S2. The number of esters is 1. The van der Waals surface area contributed by atoms with Crippen molar-refractivity contribution in [1.29, 1.82) is 0 Å². The third-order valence-electron chi connectivity index (χ3n) is 2.84. The van der Waals surface area contributed by atoms with Crippen LogP contribution in [0.25, 0.3) is 0 Å². The van der Waals surface area contributed by atoms with Crippen LogP contribution in [0.5, 0.6) is 0 Å². The van der Waals surface area contributed by atoms with Gasteiger partial charge in [0.25, 0.3) is 5.09 Å². The van der Waals surface area contributed by atoms with Crippen molar-refractivity contribution >= 4 is 52.6 Å². The molecule has 10 nitrogen and oxygen atoms in total. The number of halogens is 1. The number of nitrogens with two attached hydrogens (primary N) is 2. The number of hydrogen-bond donors (Lipinski definition) is 3. The van der Waals surface area contributed by atoms with Gasteiger partial charge >= 0.3 is 5.97 Å². The molecule has 0 aromatic heterocycles. The van der Waals surface area contributed by atoms with E-state index in [2.05, 4.69) is 22.4 Å². The maximum absolute atomic E-state index is 11.8. The second-order valence-corrected chi connectivity index (χ2v) is 6.48. The van der Waals surface area contributed by atoms with Gasteiger partial charge in [0.15, 0.2) is 5.11 Å². The molecule has 0 heterocycles. The van der Waals surface area contributed by atoms with Gasteiger partial charge in [-0.2, -0.15) is 0 Å². The number of unbranched alkanes of at least 4 members (excludes halogenated alkanes) is 1. The van der Waals surface area contributed by atoms with Crippen molar-refractivity contribution in [2.24, 2.45) is 11.5 Å². The first-order valence-corrected chi connectivity index (χ1v) is 9.10. The Morgan fingerprint density at radius 2 is 1.92 bits per heavy atom. The molecule has 0 radical (unpaired) electrons. The summed E-state index contributed by atoms with van der Waals surface area (Å²) in [6.07, 6.45) is 2.14. The summed E-state index contributed by atoms with van der Waals surface area (Å²) >= 11 is 5.65. The molecule has 13 heteroatoms. The van der Waals surface area contributed by atoms with Gasteiger partial charge in [0.1, 0.15) is 0 Å². The Hall–Kier alpha value is -1.37. The molecule has 0 saturated carbocycles. The van der Waals surface area contributed by atoms with Gasteiger partial charge in [-0.3, -0.25) is 9.59 Å². The van der Waals surface area contributed by atoms with E-state index in [1.54, 1.807) is 0 Å². The standard InChI is InChI=1S/C13H24N4O6S2.ClH/c14-10(4-3-6-16-13(15)24)12(19)25-9-5-11(18)22-7-1-2-8-23-17(20)21;/h10H,1-9,14H2,(H3,15,16,24);1H. The summed E-state index contributed by atoms with van der Waals surface area (Å²) in [4.78, 5) is 37.3. The van der Waals surface area contributed by atoms with Crippen LogP contribution in [0.3, 0.4) is 0 Å². The van der Waals surface area contributed by atoms with E-state index < -0.39 is 17.1 Å². The Morgan fingerprint density at radius 1 is 1.27 bits per heavy atom. The van der Waals surface area contributed by atoms with Gasteiger partial charge in [-0.25, -0.2) is 0 Å². The van der Waals surface area contributed by atoms with Gasteiger partial charge in [-0.05, 0) is 37.9 Å². The predicted octanol–water partition coefficient (Wildman–Crippen LogP) is 0.530. The number of thioether (sulfide) groups is 1. The van der Waals surface area contributed by atoms with Crippen molar-refractivity contribution in [3.05, 3.63) is 10.1 Å². The lowest BCUT2D eigenvalue weighted by Gasteiger charge is -2.10. The van der Waals surface area contributed by atoms with E-state index in [4.69, 9.17) is 16.2 Å². The van der Waals surface area contributed by atoms with Gasteiger partial charge in [0, 0.05) is 12.3 Å². The molecule has 0 rings (SSSR count). The lowest BCUT2D eigenvalue weighted by Crippen LogP contribution is -2.33. The van der Waals surface area contributed by atoms with Gasteiger partial charge in [0.2, 0.25) is 5.12 Å². The summed E-state index contributed by atoms with van der Waals surface area (Å²) in [6, 6.07) is -0.601. The van der Waals surface area contributed by atoms with Crippen LogP contribution in [0.15, 0.2) is 0 Å². The fraction of sp³-hybridized carbons (Fsp3) is 0.769. The molecule has 1 atom stereocenters. The van der Waals surface area contributed by atoms with Crippen LogP contribution >= 0.6 is 36.4 Å². The van der Waals surface area contributed by atoms with E-state index in [1.807, 2.05) is 0 Å². The van der Waals surface area contributed by atoms with Crippen LogP contribution in [-0.4, -0.2) is 52.8 Å². The minimum atomic E-state index is -0.867. The van der Waals surface area contributed by atoms with E-state index in [1.165, 1.54) is 0 Å². The minimum Gasteiger partial charge on any atom is -0.466 e. The Bertz CT molecular complexity index is 458. The Kier molecular flexibility index (Phi) is 17.6. The second-order valence-electron chi connectivity index (χ2n) is 4.94. The number of nitrogens with zero attached hydrogens (tertiary/aromatic N) is 1. The number of hydrogen-bond acceptors (Lipinski definition) is 9. The smallest absolute Gasteiger partial charge is 0.306 e. The van der Waals surface area contributed by atoms with E-state index in [-0.39, 0.29) is 42.3 Å². The average molecular weight is 433 g/mol. The molecule has 0 amide bonds. The molecule has 26 heavy (non-hydrogen) atoms. The highest BCUT2D eigenvalue weighted by Crippen LogP contribution is 2.10. The van der Waals surface area contributed by atoms with Gasteiger partial charge < -0.3 is 26.4 Å². The Morgan fingerprint density at radius 3 is 2.54 bits per heavy atom. The normalized spacial score (nSPS) is 11.0. The van der Waals surface area contributed by atoms with Crippen LogP contribution in [0.1, 0.15) is 32.1 Å². The first-order chi connectivity index (χ1) is 11.8. The molecule has 0 aromatic carbocycles. The molecule has 0 aliphatic heterocycles. The molecule has 0 spiro atoms. The maximum Gasteiger partial charge on any atom is 0.306 e. The Balaban J connectivity index is 0. The molecular weight excluding hydrogens is 408 g/mol. The number of nitrogens with one attached hydrogen (secondary N) is 1. The van der Waals surface area contributed by atoms with E-state index in [0.29, 0.717) is 38.0 Å². The molecule has 0 saturated heterocycles. The highest BCUT2D eigenvalue weighted by atomic mass is 35.5. The first kappa shape index (κ1) is 26.9. The van der Waals surface area contributed by atoms with Gasteiger partial charge in [0.05, 0.1) is 25.7 Å². The summed E-state index contributed by atoms with van der Waals surface area (Å²) in [6.45, 7) is 0.688. The monoisotopic (exact) mass is 432 g/mol. The van der Waals surface area contributed by atoms with Crippen molar-refractivity contribution < 1.29 is 24.3 Å². The average Bonchev–Trinajstić information content (AvgIpc) is 2.54. The zero-order valence-electron chi connectivity index (χ0n) is 14.2. The van der Waals surface area contributed by atoms with E-state index >= 15 is 0 Å². The number of rotatable bonds is 14. The van der Waals surface area contributed by atoms with Crippen molar-refractivity contribution in [2.45, 2.75) is 38.1 Å². The quantitative estimate of drug-likeness (QED) is 0.115. The van der Waals surface area contributed by atoms with Crippen molar-refractivity contribution in [1.82, 2.24) is 5.32 Å². The second kappa shape index (κ2) is 17.1. The lowest BCUT2D eigenvalue weighted by atomic mass is 10.2. The van der Waals surface area contributed by atoms with Crippen LogP contribution in [0.2, 0.25) is 0 Å². The Labute approximate surface area is 167 Å². The van der Waals surface area contributed by atoms with Crippen LogP contribution in [-0.2, 0) is 19.2 Å². The van der Waals surface area contributed by atoms with E-state index in [9.17, 15) is 19.7 Å². The molecule has 0 aromatic rings. The lowest BCUT2D eigenvalue weighted by molar-refractivity contribution is -0.757. The molecule has 0 aliphatic rings. The zero-order chi connectivity index (χ0) is 19.1. The molecule has 1 unspecified atom stereocenters. The molecule has 5 N–H and O–H groups in total. The third kappa shape index (κ3) is 17.5. The van der Waals surface area contributed by atoms with Crippen molar-refractivity contribution in [2.75, 3.05) is 25.5 Å². The molecule has 0 bridgehead atoms. The van der Waals surface area contributed by atoms with Crippen LogP contribution in [0.4, 0.5) is 0 Å². The minimum absolute atomic E-state index is 0. The number of ether oxygens (including phenoxy) is 1. The highest BCUT2D eigenvalue weighted by molar-refractivity contribution is 8.13. The van der Waals surface area contributed by atoms with Crippen LogP contribution < -0.4 is 16.8 Å². The maximum atomic E-state index is 11.8. The van der Waals surface area contributed by atoms with Crippen molar-refractivity contribution in [3.63, 3.8) is 0 Å². The highest BCUT2D eigenvalue weighted by Gasteiger charge is 2.14. The fourth-order valence-corrected chi connectivity index (χ4v) is 2.50. The van der Waals surface area contributed by atoms with Crippen LogP contribution in [0, 0.1) is 10.1 Å². The molecule has 0 fully saturated rings. The number of carbonyl (C=O) groups is 2. The topological polar surface area (TPSA) is 160 Å². The number of carbonyl (C=O) groups excluding carboxylic acids is 2. The molecule has 0 aliphatic carbocycles. The summed E-state index contributed by atoms with van der Waals surface area (Å²) < 4.78 is 4.94. The molecule has 152 valence electrons. The zero-order valence-corrected chi connectivity index (χ0v) is 16.7. The first-order valence-electron chi connectivity index (χ1n) is 7.71. The van der Waals surface area contributed by atoms with E-state index in [0.717, 1.165) is 11.8 Å². The number of thiocarbonyl (C=S) groups is 1. The third-order valence-corrected chi connectivity index (χ3v) is 3.98.